The molecule has 0 bridgehead atoms. The van der Waals surface area contributed by atoms with Crippen LogP contribution in [-0.4, -0.2) is 20.1 Å². The van der Waals surface area contributed by atoms with Crippen LogP contribution in [-0.2, 0) is 0 Å². The molecule has 2 heterocycles. The molecule has 1 nitrogen and oxygen atoms in total. The van der Waals surface area contributed by atoms with Crippen molar-refractivity contribution in [1.29, 1.82) is 0 Å². The first-order valence-corrected chi connectivity index (χ1v) is 7.79. The second kappa shape index (κ2) is 3.63. The zero-order chi connectivity index (χ0) is 11.2. The molecular weight excluding hydrogens is 273 g/mol. The van der Waals surface area contributed by atoms with Crippen LogP contribution < -0.4 is 3.92 Å². The summed E-state index contributed by atoms with van der Waals surface area (Å²) in [5.74, 6) is 0.609. The molecule has 2 heteroatoms. The van der Waals surface area contributed by atoms with E-state index in [1.54, 1.807) is 0 Å². The first kappa shape index (κ1) is 9.76. The molecule has 2 aromatic carbocycles. The maximum atomic E-state index is 2.59. The van der Waals surface area contributed by atoms with E-state index in [0.717, 1.165) is 4.94 Å². The summed E-state index contributed by atoms with van der Waals surface area (Å²) >= 11 is 0.708. The fraction of sp³-hybridized carbons (Fsp3) is 0.200. The van der Waals surface area contributed by atoms with Gasteiger partial charge < -0.3 is 0 Å². The summed E-state index contributed by atoms with van der Waals surface area (Å²) in [7, 11) is 0. The third kappa shape index (κ3) is 1.52. The quantitative estimate of drug-likeness (QED) is 0.575. The van der Waals surface area contributed by atoms with Crippen molar-refractivity contribution < 1.29 is 0 Å². The predicted molar refractivity (Wildman–Crippen MR) is 71.4 cm³/mol. The third-order valence-corrected chi connectivity index (χ3v) is 5.97. The number of hydrogen-bond acceptors (Lipinski definition) is 1. The van der Waals surface area contributed by atoms with Gasteiger partial charge in [-0.15, -0.1) is 0 Å². The van der Waals surface area contributed by atoms with Gasteiger partial charge in [-0.1, -0.05) is 0 Å². The first-order valence-electron chi connectivity index (χ1n) is 6.03. The average molecular weight is 286 g/mol. The number of anilines is 1. The van der Waals surface area contributed by atoms with E-state index in [0.29, 0.717) is 21.1 Å². The van der Waals surface area contributed by atoms with Crippen molar-refractivity contribution in [1.82, 2.24) is 0 Å². The molecule has 2 aromatic rings. The summed E-state index contributed by atoms with van der Waals surface area (Å²) in [5, 5.41) is 0. The zero-order valence-corrected chi connectivity index (χ0v) is 11.1. The van der Waals surface area contributed by atoms with Crippen molar-refractivity contribution in [2.45, 2.75) is 17.3 Å². The van der Waals surface area contributed by atoms with Crippen molar-refractivity contribution >= 4 is 20.9 Å². The minimum absolute atomic E-state index is 0.609. The summed E-state index contributed by atoms with van der Waals surface area (Å²) in [6, 6.07) is 19.9. The van der Waals surface area contributed by atoms with Gasteiger partial charge in [0, 0.05) is 0 Å². The van der Waals surface area contributed by atoms with Gasteiger partial charge in [0.1, 0.15) is 0 Å². The van der Waals surface area contributed by atoms with E-state index in [9.17, 15) is 0 Å². The van der Waals surface area contributed by atoms with Crippen LogP contribution in [0.1, 0.15) is 23.5 Å². The van der Waals surface area contributed by atoms with Gasteiger partial charge in [0.15, 0.2) is 0 Å². The van der Waals surface area contributed by atoms with E-state index >= 15 is 0 Å². The van der Waals surface area contributed by atoms with Crippen molar-refractivity contribution in [3.8, 4) is 0 Å². The Morgan fingerprint density at radius 3 is 2.59 bits per heavy atom. The molecule has 0 N–H and O–H groups in total. The molecule has 2 aliphatic heterocycles. The second-order valence-corrected chi connectivity index (χ2v) is 7.05. The Bertz CT molecular complexity index is 552. The maximum absolute atomic E-state index is 2.59. The van der Waals surface area contributed by atoms with Crippen LogP contribution in [0.5, 0.6) is 0 Å². The van der Waals surface area contributed by atoms with Crippen LogP contribution >= 0.6 is 0 Å². The van der Waals surface area contributed by atoms with E-state index in [2.05, 4.69) is 58.5 Å². The van der Waals surface area contributed by atoms with Crippen molar-refractivity contribution in [2.24, 2.45) is 0 Å². The zero-order valence-electron chi connectivity index (χ0n) is 9.41. The van der Waals surface area contributed by atoms with Gasteiger partial charge in [-0.05, 0) is 0 Å². The molecular formula is C15H13NSe. The molecule has 1 fully saturated rings. The fourth-order valence-electron chi connectivity index (χ4n) is 2.77. The van der Waals surface area contributed by atoms with Gasteiger partial charge >= 0.3 is 108 Å². The van der Waals surface area contributed by atoms with Crippen LogP contribution in [0.3, 0.4) is 0 Å². The Labute approximate surface area is 108 Å². The molecule has 0 aliphatic carbocycles. The topological polar surface area (TPSA) is 3.01 Å². The summed E-state index contributed by atoms with van der Waals surface area (Å²) in [4.78, 5) is 0.850. The molecule has 0 amide bonds. The van der Waals surface area contributed by atoms with Gasteiger partial charge in [0.2, 0.25) is 0 Å². The summed E-state index contributed by atoms with van der Waals surface area (Å²) in [6.45, 7) is 0. The Kier molecular flexibility index (Phi) is 2.08. The Hall–Kier alpha value is -1.24. The SMILES string of the molecule is c1ccc(C2CC3[Se]N3c3ccccc32)cc1. The first-order chi connectivity index (χ1) is 8.43. The van der Waals surface area contributed by atoms with Crippen molar-refractivity contribution in [2.75, 3.05) is 3.92 Å². The van der Waals surface area contributed by atoms with Crippen LogP contribution in [0.15, 0.2) is 54.6 Å². The third-order valence-electron chi connectivity index (χ3n) is 3.64. The summed E-state index contributed by atoms with van der Waals surface area (Å²) in [5.41, 5.74) is 4.48. The molecule has 2 unspecified atom stereocenters. The summed E-state index contributed by atoms with van der Waals surface area (Å²) in [6.07, 6.45) is 1.31. The molecule has 0 radical (unpaired) electrons. The average Bonchev–Trinajstić information content (AvgIpc) is 3.18. The van der Waals surface area contributed by atoms with Crippen LogP contribution in [0.2, 0.25) is 0 Å². The molecule has 1 saturated heterocycles. The van der Waals surface area contributed by atoms with Crippen LogP contribution in [0.4, 0.5) is 5.69 Å². The fourth-order valence-corrected chi connectivity index (χ4v) is 4.79. The Morgan fingerprint density at radius 1 is 0.941 bits per heavy atom. The Morgan fingerprint density at radius 2 is 1.71 bits per heavy atom. The van der Waals surface area contributed by atoms with Crippen molar-refractivity contribution in [3.05, 3.63) is 65.7 Å². The number of hydrogen-bond donors (Lipinski definition) is 0. The number of benzene rings is 2. The van der Waals surface area contributed by atoms with E-state index in [1.807, 2.05) is 0 Å². The van der Waals surface area contributed by atoms with E-state index < -0.39 is 0 Å². The second-order valence-electron chi connectivity index (χ2n) is 4.64. The number of nitrogens with zero attached hydrogens (tertiary/aromatic N) is 1. The molecule has 0 spiro atoms. The molecule has 0 saturated carbocycles. The standard InChI is InChI=1S/C15H13NSe/c1-2-6-11(7-3-1)13-10-15-16(17-15)14-9-5-4-8-12(13)14/h1-9,13,15H,10H2. The van der Waals surface area contributed by atoms with E-state index in [-0.39, 0.29) is 0 Å². The number of fused-ring (bicyclic) bond motifs is 3. The molecule has 2 atom stereocenters. The number of rotatable bonds is 1. The minimum atomic E-state index is 0.609. The monoisotopic (exact) mass is 287 g/mol. The van der Waals surface area contributed by atoms with Gasteiger partial charge in [-0.3, -0.25) is 0 Å². The normalized spacial score (nSPS) is 25.1. The van der Waals surface area contributed by atoms with Gasteiger partial charge in [-0.25, -0.2) is 0 Å². The Balaban J connectivity index is 1.84. The number of para-hydroxylation sites is 1. The predicted octanol–water partition coefficient (Wildman–Crippen LogP) is 2.99. The van der Waals surface area contributed by atoms with Crippen molar-refractivity contribution in [3.63, 3.8) is 0 Å². The van der Waals surface area contributed by atoms with E-state index in [1.165, 1.54) is 23.2 Å². The molecule has 2 aliphatic rings. The molecule has 84 valence electrons. The van der Waals surface area contributed by atoms with E-state index in [4.69, 9.17) is 0 Å². The molecule has 4 rings (SSSR count). The van der Waals surface area contributed by atoms with Gasteiger partial charge in [-0.2, -0.15) is 0 Å². The molecule has 0 aromatic heterocycles. The van der Waals surface area contributed by atoms with Gasteiger partial charge in [0.25, 0.3) is 0 Å². The van der Waals surface area contributed by atoms with Crippen LogP contribution in [0, 0.1) is 0 Å². The van der Waals surface area contributed by atoms with Crippen LogP contribution in [0.25, 0.3) is 0 Å². The molecule has 17 heavy (non-hydrogen) atoms. The summed E-state index contributed by atoms with van der Waals surface area (Å²) < 4.78 is 2.59. The van der Waals surface area contributed by atoms with Gasteiger partial charge in [0.05, 0.1) is 0 Å².